The van der Waals surface area contributed by atoms with Gasteiger partial charge in [0, 0.05) is 5.02 Å². The van der Waals surface area contributed by atoms with Crippen molar-refractivity contribution in [1.82, 2.24) is 4.57 Å². The van der Waals surface area contributed by atoms with Crippen molar-refractivity contribution in [3.8, 4) is 17.6 Å². The Kier molecular flexibility index (Phi) is 9.34. The zero-order chi connectivity index (χ0) is 30.7. The number of nitriles is 1. The third-order valence-corrected chi connectivity index (χ3v) is 8.86. The van der Waals surface area contributed by atoms with E-state index >= 15 is 0 Å². The van der Waals surface area contributed by atoms with E-state index in [1.54, 1.807) is 63.4 Å². The van der Waals surface area contributed by atoms with Gasteiger partial charge in [0.1, 0.15) is 12.6 Å². The highest BCUT2D eigenvalue weighted by atomic mass is 127. The summed E-state index contributed by atoms with van der Waals surface area (Å²) < 4.78 is 19.8. The van der Waals surface area contributed by atoms with Crippen LogP contribution in [0.3, 0.4) is 0 Å². The molecule has 1 aromatic heterocycles. The number of halogens is 2. The molecule has 0 spiro atoms. The van der Waals surface area contributed by atoms with E-state index in [0.717, 1.165) is 14.7 Å². The van der Waals surface area contributed by atoms with Gasteiger partial charge >= 0.3 is 5.97 Å². The fourth-order valence-electron chi connectivity index (χ4n) is 4.73. The number of thiazole rings is 1. The summed E-state index contributed by atoms with van der Waals surface area (Å²) in [5.74, 6) is 0.535. The molecule has 0 saturated heterocycles. The minimum atomic E-state index is -0.793. The van der Waals surface area contributed by atoms with Gasteiger partial charge in [-0.05, 0) is 89.5 Å². The summed E-state index contributed by atoms with van der Waals surface area (Å²) in [7, 11) is 1.56. The fourth-order valence-corrected chi connectivity index (χ4v) is 6.79. The molecule has 0 fully saturated rings. The molecule has 11 heteroatoms. The monoisotopic (exact) mass is 725 g/mol. The van der Waals surface area contributed by atoms with Crippen LogP contribution < -0.4 is 24.4 Å². The summed E-state index contributed by atoms with van der Waals surface area (Å²) in [5, 5.41) is 9.45. The average molecular weight is 726 g/mol. The number of rotatable bonds is 8. The van der Waals surface area contributed by atoms with E-state index in [-0.39, 0.29) is 17.7 Å². The molecule has 0 saturated carbocycles. The zero-order valence-electron chi connectivity index (χ0n) is 23.4. The number of fused-ring (bicyclic) bond motifs is 1. The number of hydrogen-bond acceptors (Lipinski definition) is 8. The van der Waals surface area contributed by atoms with E-state index in [2.05, 4.69) is 33.7 Å². The lowest BCUT2D eigenvalue weighted by atomic mass is 9.96. The van der Waals surface area contributed by atoms with Crippen molar-refractivity contribution in [2.75, 3.05) is 13.7 Å². The second kappa shape index (κ2) is 13.2. The van der Waals surface area contributed by atoms with Gasteiger partial charge in [0.15, 0.2) is 16.3 Å². The lowest BCUT2D eigenvalue weighted by molar-refractivity contribution is -0.139. The highest BCUT2D eigenvalue weighted by Crippen LogP contribution is 2.36. The molecule has 1 aliphatic rings. The van der Waals surface area contributed by atoms with Gasteiger partial charge in [-0.3, -0.25) is 9.36 Å². The minimum absolute atomic E-state index is 0.183. The second-order valence-electron chi connectivity index (χ2n) is 9.46. The lowest BCUT2D eigenvalue weighted by Crippen LogP contribution is -2.40. The van der Waals surface area contributed by atoms with Gasteiger partial charge in [0.25, 0.3) is 5.56 Å². The minimum Gasteiger partial charge on any atom is -0.493 e. The van der Waals surface area contributed by atoms with Gasteiger partial charge in [-0.25, -0.2) is 9.79 Å². The summed E-state index contributed by atoms with van der Waals surface area (Å²) in [4.78, 5) is 32.1. The Morgan fingerprint density at radius 3 is 2.63 bits per heavy atom. The second-order valence-corrected chi connectivity index (χ2v) is 12.0. The molecule has 218 valence electrons. The number of esters is 1. The summed E-state index contributed by atoms with van der Waals surface area (Å²) in [6.45, 7) is 3.94. The molecule has 3 aromatic carbocycles. The number of ether oxygens (including phenoxy) is 3. The van der Waals surface area contributed by atoms with Crippen LogP contribution in [0.4, 0.5) is 0 Å². The van der Waals surface area contributed by atoms with Gasteiger partial charge in [0.2, 0.25) is 0 Å². The van der Waals surface area contributed by atoms with Crippen molar-refractivity contribution < 1.29 is 19.0 Å². The zero-order valence-corrected chi connectivity index (χ0v) is 27.1. The van der Waals surface area contributed by atoms with Crippen LogP contribution in [-0.4, -0.2) is 24.3 Å². The van der Waals surface area contributed by atoms with E-state index in [1.807, 2.05) is 24.3 Å². The lowest BCUT2D eigenvalue weighted by Gasteiger charge is -2.25. The smallest absolute Gasteiger partial charge is 0.338 e. The highest BCUT2D eigenvalue weighted by molar-refractivity contribution is 14.1. The summed E-state index contributed by atoms with van der Waals surface area (Å²) >= 11 is 9.99. The topological polar surface area (TPSA) is 103 Å². The number of hydrogen-bond donors (Lipinski definition) is 0. The maximum Gasteiger partial charge on any atom is 0.338 e. The average Bonchev–Trinajstić information content (AvgIpc) is 3.30. The molecule has 0 N–H and O–H groups in total. The fraction of sp³-hybridized carbons (Fsp3) is 0.188. The molecule has 1 aliphatic heterocycles. The van der Waals surface area contributed by atoms with E-state index in [9.17, 15) is 9.59 Å². The number of benzene rings is 3. The van der Waals surface area contributed by atoms with Crippen LogP contribution in [0.5, 0.6) is 11.5 Å². The standard InChI is InChI=1S/C32H25ClIN3O5S/c1-4-41-31(39)27-18(2)36-32-37(28(27)22-7-5-6-8-23(22)33)30(38)26(43-32)15-21-13-24(34)29(25(14-21)40-3)42-17-20-11-9-19(16-35)10-12-20/h5-15,28H,4,17H2,1-3H3/b26-15-/t28-/m1/s1. The SMILES string of the molecule is CCOC(=O)C1=C(C)N=c2s/c(=C\c3cc(I)c(OCc4ccc(C#N)cc4)c(OC)c3)c(=O)n2[C@@H]1c1ccccc1Cl. The quantitative estimate of drug-likeness (QED) is 0.175. The van der Waals surface area contributed by atoms with E-state index in [0.29, 0.717) is 49.3 Å². The van der Waals surface area contributed by atoms with Crippen molar-refractivity contribution in [2.24, 2.45) is 4.99 Å². The third-order valence-electron chi connectivity index (χ3n) is 6.73. The van der Waals surface area contributed by atoms with Crippen LogP contribution >= 0.6 is 45.5 Å². The maximum atomic E-state index is 13.9. The predicted octanol–water partition coefficient (Wildman–Crippen LogP) is 5.52. The summed E-state index contributed by atoms with van der Waals surface area (Å²) in [5.41, 5.74) is 3.26. The Morgan fingerprint density at radius 2 is 1.95 bits per heavy atom. The van der Waals surface area contributed by atoms with Crippen LogP contribution in [0.15, 0.2) is 81.7 Å². The van der Waals surface area contributed by atoms with Crippen molar-refractivity contribution in [3.63, 3.8) is 0 Å². The summed E-state index contributed by atoms with van der Waals surface area (Å²) in [6.07, 6.45) is 1.77. The van der Waals surface area contributed by atoms with Gasteiger partial charge in [-0.15, -0.1) is 0 Å². The van der Waals surface area contributed by atoms with Crippen LogP contribution in [0.1, 0.15) is 42.1 Å². The molecular formula is C32H25ClIN3O5S. The van der Waals surface area contributed by atoms with Gasteiger partial charge in [-0.1, -0.05) is 53.3 Å². The number of nitrogens with zero attached hydrogens (tertiary/aromatic N) is 3. The first kappa shape index (κ1) is 30.5. The third kappa shape index (κ3) is 6.25. The van der Waals surface area contributed by atoms with E-state index < -0.39 is 12.0 Å². The van der Waals surface area contributed by atoms with Crippen LogP contribution in [0.2, 0.25) is 5.02 Å². The normalized spacial score (nSPS) is 14.5. The van der Waals surface area contributed by atoms with E-state index in [4.69, 9.17) is 31.1 Å². The molecule has 2 heterocycles. The van der Waals surface area contributed by atoms with E-state index in [1.165, 1.54) is 15.9 Å². The van der Waals surface area contributed by atoms with Crippen LogP contribution in [0.25, 0.3) is 6.08 Å². The Labute approximate surface area is 270 Å². The molecule has 0 radical (unpaired) electrons. The number of aromatic nitrogens is 1. The number of allylic oxidation sites excluding steroid dienone is 1. The van der Waals surface area contributed by atoms with Gasteiger partial charge < -0.3 is 14.2 Å². The van der Waals surface area contributed by atoms with Gasteiger partial charge in [0.05, 0.1) is 44.7 Å². The van der Waals surface area contributed by atoms with Crippen LogP contribution in [0, 0.1) is 14.9 Å². The van der Waals surface area contributed by atoms with Crippen molar-refractivity contribution in [1.29, 1.82) is 5.26 Å². The first-order valence-corrected chi connectivity index (χ1v) is 15.5. The molecule has 43 heavy (non-hydrogen) atoms. The molecule has 0 amide bonds. The number of carbonyl (C=O) groups excluding carboxylic acids is 1. The summed E-state index contributed by atoms with van der Waals surface area (Å²) in [6, 6.07) is 19.3. The Hall–Kier alpha value is -3.92. The number of carbonyl (C=O) groups is 1. The first-order valence-electron chi connectivity index (χ1n) is 13.2. The Bertz CT molecular complexity index is 1980. The van der Waals surface area contributed by atoms with Crippen molar-refractivity contribution >= 4 is 57.6 Å². The number of methoxy groups -OCH3 is 1. The first-order chi connectivity index (χ1) is 20.7. The Morgan fingerprint density at radius 1 is 1.21 bits per heavy atom. The van der Waals surface area contributed by atoms with Crippen molar-refractivity contribution in [3.05, 3.63) is 122 Å². The van der Waals surface area contributed by atoms with Crippen molar-refractivity contribution in [2.45, 2.75) is 26.5 Å². The molecule has 0 aliphatic carbocycles. The molecule has 4 aromatic rings. The Balaban J connectivity index is 1.56. The predicted molar refractivity (Wildman–Crippen MR) is 173 cm³/mol. The largest absolute Gasteiger partial charge is 0.493 e. The van der Waals surface area contributed by atoms with Crippen LogP contribution in [-0.2, 0) is 16.1 Å². The molecule has 0 bridgehead atoms. The molecule has 8 nitrogen and oxygen atoms in total. The highest BCUT2D eigenvalue weighted by Gasteiger charge is 2.34. The maximum absolute atomic E-state index is 13.9. The molecule has 0 unspecified atom stereocenters. The molecular weight excluding hydrogens is 701 g/mol. The molecule has 5 rings (SSSR count). The van der Waals surface area contributed by atoms with Gasteiger partial charge in [-0.2, -0.15) is 5.26 Å². The molecule has 1 atom stereocenters.